The first-order valence-electron chi connectivity index (χ1n) is 27.5. The average molecular weight is 1020 g/mol. The Morgan fingerprint density at radius 1 is 0.514 bits per heavy atom. The zero-order valence-corrected chi connectivity index (χ0v) is 43.9. The van der Waals surface area contributed by atoms with Gasteiger partial charge in [0, 0.05) is 6.42 Å². The summed E-state index contributed by atoms with van der Waals surface area (Å²) >= 11 is 0. The Bertz CT molecular complexity index is 1570. The molecule has 2 aliphatic rings. The van der Waals surface area contributed by atoms with E-state index in [1.807, 2.05) is 12.2 Å². The van der Waals surface area contributed by atoms with E-state index < -0.39 is 86.8 Å². The van der Waals surface area contributed by atoms with Crippen LogP contribution in [0.25, 0.3) is 0 Å². The van der Waals surface area contributed by atoms with Gasteiger partial charge in [0.2, 0.25) is 5.91 Å². The van der Waals surface area contributed by atoms with Gasteiger partial charge in [-0.1, -0.05) is 188 Å². The molecule has 0 aliphatic carbocycles. The van der Waals surface area contributed by atoms with E-state index in [-0.39, 0.29) is 18.9 Å². The minimum atomic E-state index is -1.80. The number of aliphatic hydroxyl groups is 8. The lowest BCUT2D eigenvalue weighted by Crippen LogP contribution is -2.65. The number of carbonyl (C=O) groups excluding carboxylic acids is 1. The van der Waals surface area contributed by atoms with Gasteiger partial charge in [0.1, 0.15) is 48.8 Å². The minimum Gasteiger partial charge on any atom is -0.394 e. The Balaban J connectivity index is 1.84. The van der Waals surface area contributed by atoms with E-state index in [0.29, 0.717) is 12.8 Å². The summed E-state index contributed by atoms with van der Waals surface area (Å²) in [5.74, 6) is -0.302. The van der Waals surface area contributed by atoms with Crippen LogP contribution in [0.5, 0.6) is 0 Å². The monoisotopic (exact) mass is 1020 g/mol. The van der Waals surface area contributed by atoms with Crippen LogP contribution in [0.15, 0.2) is 97.2 Å². The van der Waals surface area contributed by atoms with Gasteiger partial charge in [-0.3, -0.25) is 4.79 Å². The van der Waals surface area contributed by atoms with E-state index in [1.54, 1.807) is 6.08 Å². The lowest BCUT2D eigenvalue weighted by molar-refractivity contribution is -0.359. The molecule has 2 saturated heterocycles. The first-order chi connectivity index (χ1) is 35.1. The maximum atomic E-state index is 13.2. The third-order valence-electron chi connectivity index (χ3n) is 12.8. The maximum absolute atomic E-state index is 13.2. The summed E-state index contributed by atoms with van der Waals surface area (Å²) in [7, 11) is 0. The Hall–Kier alpha value is -3.09. The van der Waals surface area contributed by atoms with E-state index in [2.05, 4.69) is 98.2 Å². The molecule has 2 heterocycles. The summed E-state index contributed by atoms with van der Waals surface area (Å²) in [5.41, 5.74) is 0. The second kappa shape index (κ2) is 43.2. The number of aliphatic hydroxyl groups excluding tert-OH is 8. The second-order valence-electron chi connectivity index (χ2n) is 19.0. The summed E-state index contributed by atoms with van der Waals surface area (Å²) < 4.78 is 22.7. The Kier molecular flexibility index (Phi) is 39.0. The van der Waals surface area contributed by atoms with Crippen LogP contribution in [-0.4, -0.2) is 140 Å². The van der Waals surface area contributed by atoms with E-state index in [4.69, 9.17) is 18.9 Å². The van der Waals surface area contributed by atoms with E-state index in [0.717, 1.165) is 70.6 Å². The topological polar surface area (TPSA) is 228 Å². The van der Waals surface area contributed by atoms with Gasteiger partial charge in [-0.25, -0.2) is 0 Å². The smallest absolute Gasteiger partial charge is 0.220 e. The van der Waals surface area contributed by atoms with Crippen molar-refractivity contribution in [1.29, 1.82) is 0 Å². The van der Waals surface area contributed by atoms with Crippen LogP contribution in [0.2, 0.25) is 0 Å². The zero-order valence-electron chi connectivity index (χ0n) is 43.9. The summed E-state index contributed by atoms with van der Waals surface area (Å²) in [4.78, 5) is 13.2. The van der Waals surface area contributed by atoms with Crippen molar-refractivity contribution in [3.8, 4) is 0 Å². The number of allylic oxidation sites excluding steroid dienone is 15. The summed E-state index contributed by atoms with van der Waals surface area (Å²) in [6.45, 7) is 2.62. The molecule has 12 atom stereocenters. The first-order valence-corrected chi connectivity index (χ1v) is 27.5. The van der Waals surface area contributed by atoms with Crippen molar-refractivity contribution < 1.29 is 64.6 Å². The van der Waals surface area contributed by atoms with Gasteiger partial charge in [0.25, 0.3) is 0 Å². The van der Waals surface area contributed by atoms with Crippen molar-refractivity contribution in [2.24, 2.45) is 0 Å². The van der Waals surface area contributed by atoms with Crippen molar-refractivity contribution in [3.05, 3.63) is 97.2 Å². The van der Waals surface area contributed by atoms with E-state index in [9.17, 15) is 45.6 Å². The number of ether oxygens (including phenoxy) is 4. The average Bonchev–Trinajstić information content (AvgIpc) is 3.38. The largest absolute Gasteiger partial charge is 0.394 e. The van der Waals surface area contributed by atoms with Gasteiger partial charge in [-0.05, 0) is 70.6 Å². The highest BCUT2D eigenvalue weighted by molar-refractivity contribution is 5.76. The third-order valence-corrected chi connectivity index (χ3v) is 12.8. The van der Waals surface area contributed by atoms with E-state index in [1.165, 1.54) is 64.2 Å². The Morgan fingerprint density at radius 3 is 1.46 bits per heavy atom. The highest BCUT2D eigenvalue weighted by Crippen LogP contribution is 2.30. The standard InChI is InChI=1S/C58H97NO13/c1-3-5-7-9-11-13-15-17-19-20-21-22-23-24-25-26-28-30-32-34-36-38-40-42-50(63)59-46(47(62)41-39-37-35-33-31-29-27-18-16-14-12-10-8-6-4-2)45-69-57-55(68)53(66)56(49(44-61)71-57)72-58-54(67)52(65)51(64)48(43-60)70-58/h5,7,11,13,17,19,21-22,24-25,28,30,34,36,39,41,46-49,51-58,60-62,64-68H,3-4,6,8-10,12,14-16,18,20,23,26-27,29,31-33,35,37-38,40,42-45H2,1-2H3,(H,59,63)/b7-5-,13-11-,19-17-,22-21-,25-24-,30-28-,36-34-,41-39+. The molecule has 2 rings (SSSR count). The lowest BCUT2D eigenvalue weighted by atomic mass is 9.97. The molecule has 2 aliphatic heterocycles. The first kappa shape index (κ1) is 65.0. The van der Waals surface area contributed by atoms with Crippen molar-refractivity contribution in [2.45, 2.75) is 242 Å². The number of amides is 1. The Labute approximate surface area is 433 Å². The van der Waals surface area contributed by atoms with Gasteiger partial charge in [0.15, 0.2) is 12.6 Å². The molecular formula is C58H97NO13. The number of rotatable bonds is 41. The molecular weight excluding hydrogens is 919 g/mol. The van der Waals surface area contributed by atoms with Crippen molar-refractivity contribution in [2.75, 3.05) is 19.8 Å². The highest BCUT2D eigenvalue weighted by Gasteiger charge is 2.51. The molecule has 12 unspecified atom stereocenters. The molecule has 0 aromatic heterocycles. The molecule has 0 bridgehead atoms. The van der Waals surface area contributed by atoms with Gasteiger partial charge in [0.05, 0.1) is 32.0 Å². The second-order valence-corrected chi connectivity index (χ2v) is 19.0. The van der Waals surface area contributed by atoms with Crippen molar-refractivity contribution >= 4 is 5.91 Å². The van der Waals surface area contributed by atoms with E-state index >= 15 is 0 Å². The fourth-order valence-electron chi connectivity index (χ4n) is 8.34. The third kappa shape index (κ3) is 29.1. The van der Waals surface area contributed by atoms with Crippen molar-refractivity contribution in [1.82, 2.24) is 5.32 Å². The van der Waals surface area contributed by atoms with Crippen LogP contribution in [0.4, 0.5) is 0 Å². The lowest BCUT2D eigenvalue weighted by Gasteiger charge is -2.46. The molecule has 0 aromatic rings. The molecule has 0 radical (unpaired) electrons. The Morgan fingerprint density at radius 2 is 0.958 bits per heavy atom. The number of hydrogen-bond acceptors (Lipinski definition) is 13. The number of nitrogens with one attached hydrogen (secondary N) is 1. The predicted octanol–water partition coefficient (Wildman–Crippen LogP) is 8.32. The van der Waals surface area contributed by atoms with Gasteiger partial charge in [-0.2, -0.15) is 0 Å². The van der Waals surface area contributed by atoms with Crippen LogP contribution in [0.1, 0.15) is 168 Å². The molecule has 14 nitrogen and oxygen atoms in total. The fourth-order valence-corrected chi connectivity index (χ4v) is 8.34. The molecule has 1 amide bonds. The normalized spacial score (nSPS) is 26.4. The van der Waals surface area contributed by atoms with Crippen LogP contribution >= 0.6 is 0 Å². The summed E-state index contributed by atoms with van der Waals surface area (Å²) in [6, 6.07) is -0.951. The molecule has 9 N–H and O–H groups in total. The van der Waals surface area contributed by atoms with Crippen LogP contribution < -0.4 is 5.32 Å². The molecule has 72 heavy (non-hydrogen) atoms. The minimum absolute atomic E-state index is 0.195. The molecule has 0 spiro atoms. The number of carbonyl (C=O) groups is 1. The number of hydrogen-bond donors (Lipinski definition) is 9. The van der Waals surface area contributed by atoms with Crippen LogP contribution in [0.3, 0.4) is 0 Å². The predicted molar refractivity (Wildman–Crippen MR) is 286 cm³/mol. The molecule has 0 aromatic carbocycles. The fraction of sp³-hybridized carbons (Fsp3) is 0.707. The molecule has 2 fully saturated rings. The SMILES string of the molecule is CC/C=C\C/C=C\C/C=C\C/C=C\C/C=C\C/C=C\C/C=C\CCCC(=O)NC(COC1OC(CO)C(OC2OC(CO)C(O)C(O)C2O)C(O)C1O)C(O)/C=C/CCCCCCCCCCCCCCC. The molecule has 14 heteroatoms. The van der Waals surface area contributed by atoms with Crippen LogP contribution in [0, 0.1) is 0 Å². The van der Waals surface area contributed by atoms with Crippen LogP contribution in [-0.2, 0) is 23.7 Å². The molecule has 412 valence electrons. The van der Waals surface area contributed by atoms with Gasteiger partial charge in [-0.15, -0.1) is 0 Å². The quantitative estimate of drug-likeness (QED) is 0.0208. The van der Waals surface area contributed by atoms with Gasteiger partial charge < -0.3 is 65.1 Å². The summed E-state index contributed by atoms with van der Waals surface area (Å²) in [5, 5.41) is 86.9. The maximum Gasteiger partial charge on any atom is 0.220 e. The number of unbranched alkanes of at least 4 members (excludes halogenated alkanes) is 14. The van der Waals surface area contributed by atoms with Crippen molar-refractivity contribution in [3.63, 3.8) is 0 Å². The van der Waals surface area contributed by atoms with Gasteiger partial charge >= 0.3 is 0 Å². The zero-order chi connectivity index (χ0) is 52.4. The molecule has 0 saturated carbocycles. The highest BCUT2D eigenvalue weighted by atomic mass is 16.7. The summed E-state index contributed by atoms with van der Waals surface area (Å²) in [6.07, 6.45) is 41.6.